The molecular formula is C7H6ClF2NO2. The monoisotopic (exact) mass is 209 g/mol. The van der Waals surface area contributed by atoms with Gasteiger partial charge < -0.3 is 10.1 Å². The molecule has 0 radical (unpaired) electrons. The Morgan fingerprint density at radius 2 is 2.23 bits per heavy atom. The summed E-state index contributed by atoms with van der Waals surface area (Å²) in [5.74, 6) is 0. The van der Waals surface area contributed by atoms with E-state index in [1.165, 1.54) is 0 Å². The maximum Gasteiger partial charge on any atom is 0.278 e. The highest BCUT2D eigenvalue weighted by Gasteiger charge is 2.12. The number of alkyl halides is 2. The topological polar surface area (TPSA) is 53.1 Å². The molecule has 1 aromatic heterocycles. The van der Waals surface area contributed by atoms with Crippen LogP contribution in [0.15, 0.2) is 10.9 Å². The molecule has 0 saturated heterocycles. The van der Waals surface area contributed by atoms with Gasteiger partial charge in [0, 0.05) is 6.07 Å². The Bertz CT molecular complexity index is 364. The maximum absolute atomic E-state index is 12.1. The highest BCUT2D eigenvalue weighted by Crippen LogP contribution is 2.17. The van der Waals surface area contributed by atoms with Crippen molar-refractivity contribution < 1.29 is 13.9 Å². The van der Waals surface area contributed by atoms with Crippen LogP contribution < -0.4 is 5.43 Å². The molecule has 0 aliphatic heterocycles. The average molecular weight is 210 g/mol. The van der Waals surface area contributed by atoms with Crippen LogP contribution in [0.3, 0.4) is 0 Å². The first-order chi connectivity index (χ1) is 6.06. The van der Waals surface area contributed by atoms with Crippen LogP contribution in [-0.4, -0.2) is 10.1 Å². The van der Waals surface area contributed by atoms with Gasteiger partial charge in [-0.15, -0.1) is 0 Å². The Hall–Kier alpha value is -0.940. The third-order valence-corrected chi connectivity index (χ3v) is 1.87. The van der Waals surface area contributed by atoms with Gasteiger partial charge in [0.15, 0.2) is 0 Å². The minimum Gasteiger partial charge on any atom is -0.390 e. The molecule has 1 rings (SSSR count). The summed E-state index contributed by atoms with van der Waals surface area (Å²) >= 11 is 5.42. The summed E-state index contributed by atoms with van der Waals surface area (Å²) in [6, 6.07) is 0.714. The first-order valence-corrected chi connectivity index (χ1v) is 3.74. The molecule has 3 nitrogen and oxygen atoms in total. The van der Waals surface area contributed by atoms with Crippen molar-refractivity contribution in [1.82, 2.24) is 4.98 Å². The van der Waals surface area contributed by atoms with Crippen LogP contribution in [0.25, 0.3) is 0 Å². The molecule has 0 amide bonds. The lowest BCUT2D eigenvalue weighted by molar-refractivity contribution is 0.145. The summed E-state index contributed by atoms with van der Waals surface area (Å²) < 4.78 is 24.2. The highest BCUT2D eigenvalue weighted by molar-refractivity contribution is 6.31. The third kappa shape index (κ3) is 2.05. The van der Waals surface area contributed by atoms with Crippen LogP contribution >= 0.6 is 11.6 Å². The molecule has 13 heavy (non-hydrogen) atoms. The number of rotatable bonds is 2. The number of aliphatic hydroxyl groups excluding tert-OH is 1. The Morgan fingerprint density at radius 3 is 2.69 bits per heavy atom. The second kappa shape index (κ2) is 3.85. The lowest BCUT2D eigenvalue weighted by Gasteiger charge is -2.04. The van der Waals surface area contributed by atoms with Gasteiger partial charge in [-0.25, -0.2) is 8.78 Å². The molecule has 0 fully saturated rings. The molecule has 0 atom stereocenters. The number of aliphatic hydroxyl groups is 1. The van der Waals surface area contributed by atoms with Crippen molar-refractivity contribution in [3.63, 3.8) is 0 Å². The van der Waals surface area contributed by atoms with Crippen molar-refractivity contribution in [3.05, 3.63) is 32.7 Å². The average Bonchev–Trinajstić information content (AvgIpc) is 2.09. The van der Waals surface area contributed by atoms with Crippen LogP contribution in [-0.2, 0) is 6.61 Å². The van der Waals surface area contributed by atoms with Crippen molar-refractivity contribution in [2.75, 3.05) is 0 Å². The van der Waals surface area contributed by atoms with Gasteiger partial charge in [0.25, 0.3) is 6.43 Å². The van der Waals surface area contributed by atoms with Gasteiger partial charge in [-0.1, -0.05) is 11.6 Å². The second-order valence-corrected chi connectivity index (χ2v) is 2.72. The van der Waals surface area contributed by atoms with E-state index in [2.05, 4.69) is 4.98 Å². The predicted octanol–water partition coefficient (Wildman–Crippen LogP) is 1.46. The number of H-pyrrole nitrogens is 1. The summed E-state index contributed by atoms with van der Waals surface area (Å²) in [6.45, 7) is -0.575. The van der Waals surface area contributed by atoms with Gasteiger partial charge >= 0.3 is 0 Å². The predicted molar refractivity (Wildman–Crippen MR) is 43.0 cm³/mol. The fourth-order valence-electron chi connectivity index (χ4n) is 0.845. The molecule has 0 saturated carbocycles. The minimum absolute atomic E-state index is 0.0931. The van der Waals surface area contributed by atoms with Crippen molar-refractivity contribution in [2.45, 2.75) is 13.0 Å². The maximum atomic E-state index is 12.1. The Labute approximate surface area is 77.0 Å². The summed E-state index contributed by atoms with van der Waals surface area (Å²) in [4.78, 5) is 13.1. The largest absolute Gasteiger partial charge is 0.390 e. The van der Waals surface area contributed by atoms with E-state index >= 15 is 0 Å². The summed E-state index contributed by atoms with van der Waals surface area (Å²) in [7, 11) is 0. The van der Waals surface area contributed by atoms with Gasteiger partial charge in [-0.3, -0.25) is 4.79 Å². The van der Waals surface area contributed by atoms with Crippen LogP contribution in [0.1, 0.15) is 17.8 Å². The van der Waals surface area contributed by atoms with Crippen LogP contribution in [0, 0.1) is 0 Å². The van der Waals surface area contributed by atoms with Crippen LogP contribution in [0.2, 0.25) is 5.02 Å². The van der Waals surface area contributed by atoms with E-state index in [4.69, 9.17) is 16.7 Å². The van der Waals surface area contributed by atoms with Crippen molar-refractivity contribution in [3.8, 4) is 0 Å². The Kier molecular flexibility index (Phi) is 3.00. The molecule has 6 heteroatoms. The normalized spacial score (nSPS) is 10.8. The quantitative estimate of drug-likeness (QED) is 0.775. The summed E-state index contributed by atoms with van der Waals surface area (Å²) in [5.41, 5.74) is -1.36. The summed E-state index contributed by atoms with van der Waals surface area (Å²) in [5, 5.41) is 8.39. The van der Waals surface area contributed by atoms with E-state index in [1.807, 2.05) is 0 Å². The molecule has 0 unspecified atom stereocenters. The zero-order chi connectivity index (χ0) is 10.0. The number of pyridine rings is 1. The number of hydrogen-bond donors (Lipinski definition) is 2. The van der Waals surface area contributed by atoms with Crippen molar-refractivity contribution in [1.29, 1.82) is 0 Å². The molecule has 2 N–H and O–H groups in total. The standard InChI is InChI=1S/C7H6ClF2NO2/c8-6-4(2-12)11-3(7(9)10)1-5(6)13/h1,7,12H,2H2,(H,11,13). The fraction of sp³-hybridized carbons (Fsp3) is 0.286. The minimum atomic E-state index is -2.78. The second-order valence-electron chi connectivity index (χ2n) is 2.34. The number of hydrogen-bond acceptors (Lipinski definition) is 2. The number of aromatic amines is 1. The fourth-order valence-corrected chi connectivity index (χ4v) is 1.01. The van der Waals surface area contributed by atoms with E-state index in [0.717, 1.165) is 0 Å². The smallest absolute Gasteiger partial charge is 0.278 e. The molecular weight excluding hydrogens is 204 g/mol. The molecule has 1 aromatic rings. The van der Waals surface area contributed by atoms with E-state index in [-0.39, 0.29) is 10.7 Å². The SMILES string of the molecule is O=c1cc(C(F)F)[nH]c(CO)c1Cl. The Morgan fingerprint density at radius 1 is 1.62 bits per heavy atom. The van der Waals surface area contributed by atoms with Gasteiger partial charge in [-0.05, 0) is 0 Å². The third-order valence-electron chi connectivity index (χ3n) is 1.46. The van der Waals surface area contributed by atoms with E-state index in [1.54, 1.807) is 0 Å². The lowest BCUT2D eigenvalue weighted by Crippen LogP contribution is -2.09. The van der Waals surface area contributed by atoms with Gasteiger partial charge in [-0.2, -0.15) is 0 Å². The van der Waals surface area contributed by atoms with E-state index < -0.39 is 24.2 Å². The number of halogens is 3. The number of nitrogens with one attached hydrogen (secondary N) is 1. The van der Waals surface area contributed by atoms with Crippen LogP contribution in [0.5, 0.6) is 0 Å². The van der Waals surface area contributed by atoms with Gasteiger partial charge in [0.1, 0.15) is 5.02 Å². The lowest BCUT2D eigenvalue weighted by atomic mass is 10.3. The molecule has 0 aliphatic carbocycles. The molecule has 1 heterocycles. The summed E-state index contributed by atoms with van der Waals surface area (Å²) in [6.07, 6.45) is -2.78. The number of aromatic nitrogens is 1. The molecule has 0 spiro atoms. The zero-order valence-corrected chi connectivity index (χ0v) is 7.11. The first kappa shape index (κ1) is 10.1. The van der Waals surface area contributed by atoms with Crippen molar-refractivity contribution in [2.24, 2.45) is 0 Å². The first-order valence-electron chi connectivity index (χ1n) is 3.37. The molecule has 0 bridgehead atoms. The highest BCUT2D eigenvalue weighted by atomic mass is 35.5. The van der Waals surface area contributed by atoms with E-state index in [9.17, 15) is 13.6 Å². The van der Waals surface area contributed by atoms with E-state index in [0.29, 0.717) is 6.07 Å². The van der Waals surface area contributed by atoms with Crippen LogP contribution in [0.4, 0.5) is 8.78 Å². The van der Waals surface area contributed by atoms with Crippen molar-refractivity contribution >= 4 is 11.6 Å². The molecule has 0 aliphatic rings. The molecule has 72 valence electrons. The Balaban J connectivity index is 3.31. The molecule has 0 aromatic carbocycles. The zero-order valence-electron chi connectivity index (χ0n) is 6.35. The van der Waals surface area contributed by atoms with Gasteiger partial charge in [0.2, 0.25) is 5.43 Å². The van der Waals surface area contributed by atoms with Gasteiger partial charge in [0.05, 0.1) is 18.0 Å².